The van der Waals surface area contributed by atoms with E-state index in [2.05, 4.69) is 6.92 Å². The summed E-state index contributed by atoms with van der Waals surface area (Å²) in [6.45, 7) is 5.73. The average molecular weight is 286 g/mol. The number of carbonyl (C=O) groups is 1. The molecule has 2 rings (SSSR count). The molecule has 0 unspecified atom stereocenters. The normalized spacial score (nSPS) is 22.5. The Bertz CT molecular complexity index is 343. The lowest BCUT2D eigenvalue weighted by molar-refractivity contribution is -0.199. The van der Waals surface area contributed by atoms with Crippen LogP contribution in [0.25, 0.3) is 0 Å². The molecule has 1 heterocycles. The minimum Gasteiger partial charge on any atom is -0.466 e. The number of hydrogen-bond acceptors (Lipinski definition) is 6. The highest BCUT2D eigenvalue weighted by molar-refractivity contribution is 5.77. The Morgan fingerprint density at radius 2 is 1.60 bits per heavy atom. The van der Waals surface area contributed by atoms with Crippen LogP contribution in [0, 0.1) is 5.41 Å². The van der Waals surface area contributed by atoms with E-state index in [0.717, 1.165) is 32.1 Å². The van der Waals surface area contributed by atoms with E-state index in [4.69, 9.17) is 23.8 Å². The molecule has 0 bridgehead atoms. The van der Waals surface area contributed by atoms with Gasteiger partial charge in [0.15, 0.2) is 5.79 Å². The molecule has 6 heteroatoms. The molecule has 114 valence electrons. The Morgan fingerprint density at radius 3 is 2.00 bits per heavy atom. The molecule has 1 aliphatic heterocycles. The van der Waals surface area contributed by atoms with Crippen LogP contribution in [-0.2, 0) is 28.6 Å². The van der Waals surface area contributed by atoms with Gasteiger partial charge in [0.05, 0.1) is 25.2 Å². The summed E-state index contributed by atoms with van der Waals surface area (Å²) in [7, 11) is 0. The van der Waals surface area contributed by atoms with Crippen molar-refractivity contribution in [2.75, 3.05) is 19.8 Å². The zero-order valence-corrected chi connectivity index (χ0v) is 12.1. The lowest BCUT2D eigenvalue weighted by atomic mass is 9.70. The van der Waals surface area contributed by atoms with Gasteiger partial charge in [-0.2, -0.15) is 9.59 Å². The third-order valence-corrected chi connectivity index (χ3v) is 4.17. The molecule has 0 amide bonds. The summed E-state index contributed by atoms with van der Waals surface area (Å²) in [5.74, 6) is -0.444. The van der Waals surface area contributed by atoms with Crippen LogP contribution in [0.5, 0.6) is 0 Å². The summed E-state index contributed by atoms with van der Waals surface area (Å²) in [4.78, 5) is 28.3. The number of rotatable bonds is 3. The quantitative estimate of drug-likeness (QED) is 0.734. The smallest absolute Gasteiger partial charge is 0.373 e. The van der Waals surface area contributed by atoms with E-state index >= 15 is 0 Å². The maximum atomic E-state index is 12.1. The molecule has 0 aromatic rings. The summed E-state index contributed by atoms with van der Waals surface area (Å²) in [5.41, 5.74) is -0.309. The van der Waals surface area contributed by atoms with Crippen LogP contribution < -0.4 is 0 Å². The van der Waals surface area contributed by atoms with E-state index < -0.39 is 5.79 Å². The highest BCUT2D eigenvalue weighted by Gasteiger charge is 2.49. The Balaban J connectivity index is 0.000000612. The molecule has 2 fully saturated rings. The van der Waals surface area contributed by atoms with Gasteiger partial charge in [0.2, 0.25) is 0 Å². The van der Waals surface area contributed by atoms with Gasteiger partial charge in [-0.3, -0.25) is 4.79 Å². The summed E-state index contributed by atoms with van der Waals surface area (Å²) >= 11 is 0. The second kappa shape index (κ2) is 7.53. The van der Waals surface area contributed by atoms with E-state index in [1.54, 1.807) is 0 Å². The number of hydrogen-bond donors (Lipinski definition) is 0. The van der Waals surface area contributed by atoms with Gasteiger partial charge in [0.1, 0.15) is 0 Å². The standard InChI is InChI=1S/C13H22O4.CO2/c1-3-12(11(14)15-4-2)5-7-13(8-6-12)16-9-10-17-13;2-1-3/h3-10H2,1-2H3;. The molecule has 0 aromatic carbocycles. The molecule has 0 N–H and O–H groups in total. The van der Waals surface area contributed by atoms with Gasteiger partial charge >= 0.3 is 12.1 Å². The molecule has 2 aliphatic rings. The molecule has 0 atom stereocenters. The van der Waals surface area contributed by atoms with Crippen molar-refractivity contribution < 1.29 is 28.6 Å². The van der Waals surface area contributed by atoms with Gasteiger partial charge in [-0.15, -0.1) is 0 Å². The Morgan fingerprint density at radius 1 is 1.10 bits per heavy atom. The van der Waals surface area contributed by atoms with E-state index in [1.165, 1.54) is 0 Å². The first-order valence-corrected chi connectivity index (χ1v) is 7.02. The molecule has 1 aliphatic carbocycles. The second-order valence-corrected chi connectivity index (χ2v) is 5.05. The lowest BCUT2D eigenvalue weighted by Crippen LogP contribution is -2.44. The van der Waals surface area contributed by atoms with Crippen molar-refractivity contribution in [2.45, 2.75) is 51.7 Å². The van der Waals surface area contributed by atoms with E-state index in [0.29, 0.717) is 19.8 Å². The van der Waals surface area contributed by atoms with E-state index in [1.807, 2.05) is 6.92 Å². The SMILES string of the molecule is CCOC(=O)C1(CC)CCC2(CC1)OCCO2.O=C=O. The largest absolute Gasteiger partial charge is 0.466 e. The van der Waals surface area contributed by atoms with Gasteiger partial charge in [0.25, 0.3) is 0 Å². The van der Waals surface area contributed by atoms with Gasteiger partial charge in [0, 0.05) is 12.8 Å². The zero-order chi connectivity index (χ0) is 15.1. The molecule has 1 spiro atoms. The lowest BCUT2D eigenvalue weighted by Gasteiger charge is -2.41. The number of esters is 1. The first-order chi connectivity index (χ1) is 9.58. The summed E-state index contributed by atoms with van der Waals surface area (Å²) < 4.78 is 16.6. The summed E-state index contributed by atoms with van der Waals surface area (Å²) in [6, 6.07) is 0. The zero-order valence-electron chi connectivity index (χ0n) is 12.1. The van der Waals surface area contributed by atoms with Crippen LogP contribution in [0.2, 0.25) is 0 Å². The Labute approximate surface area is 118 Å². The van der Waals surface area contributed by atoms with Crippen LogP contribution in [0.4, 0.5) is 0 Å². The fraction of sp³-hybridized carbons (Fsp3) is 0.857. The maximum absolute atomic E-state index is 12.1. The molecule has 20 heavy (non-hydrogen) atoms. The third-order valence-electron chi connectivity index (χ3n) is 4.17. The molecule has 0 radical (unpaired) electrons. The van der Waals surface area contributed by atoms with Crippen LogP contribution in [0.1, 0.15) is 46.0 Å². The minimum atomic E-state index is -0.398. The minimum absolute atomic E-state index is 0.0460. The van der Waals surface area contributed by atoms with Crippen LogP contribution in [-0.4, -0.2) is 37.7 Å². The van der Waals surface area contributed by atoms with Crippen molar-refractivity contribution in [2.24, 2.45) is 5.41 Å². The maximum Gasteiger partial charge on any atom is 0.373 e. The second-order valence-electron chi connectivity index (χ2n) is 5.05. The van der Waals surface area contributed by atoms with E-state index in [9.17, 15) is 4.79 Å². The first kappa shape index (κ1) is 16.8. The van der Waals surface area contributed by atoms with Crippen LogP contribution in [0.15, 0.2) is 0 Å². The fourth-order valence-electron chi connectivity index (χ4n) is 2.88. The van der Waals surface area contributed by atoms with Gasteiger partial charge in [-0.1, -0.05) is 6.92 Å². The topological polar surface area (TPSA) is 78.9 Å². The predicted molar refractivity (Wildman–Crippen MR) is 67.5 cm³/mol. The molecule has 1 saturated carbocycles. The predicted octanol–water partition coefficient (Wildman–Crippen LogP) is 1.68. The summed E-state index contributed by atoms with van der Waals surface area (Å²) in [5, 5.41) is 0. The van der Waals surface area contributed by atoms with Crippen LogP contribution in [0.3, 0.4) is 0 Å². The summed E-state index contributed by atoms with van der Waals surface area (Å²) in [6.07, 6.45) is 4.31. The highest BCUT2D eigenvalue weighted by atomic mass is 16.7. The van der Waals surface area contributed by atoms with Gasteiger partial charge in [-0.05, 0) is 26.2 Å². The fourth-order valence-corrected chi connectivity index (χ4v) is 2.88. The van der Waals surface area contributed by atoms with Gasteiger partial charge < -0.3 is 14.2 Å². The molecule has 1 saturated heterocycles. The monoisotopic (exact) mass is 286 g/mol. The average Bonchev–Trinajstić information content (AvgIpc) is 2.90. The van der Waals surface area contributed by atoms with Gasteiger partial charge in [-0.25, -0.2) is 0 Å². The third kappa shape index (κ3) is 3.66. The number of ether oxygens (including phenoxy) is 3. The van der Waals surface area contributed by atoms with Crippen molar-refractivity contribution in [1.29, 1.82) is 0 Å². The first-order valence-electron chi connectivity index (χ1n) is 7.02. The van der Waals surface area contributed by atoms with Crippen molar-refractivity contribution in [3.05, 3.63) is 0 Å². The Hall–Kier alpha value is -1.23. The van der Waals surface area contributed by atoms with E-state index in [-0.39, 0.29) is 17.5 Å². The van der Waals surface area contributed by atoms with Crippen molar-refractivity contribution in [3.8, 4) is 0 Å². The number of carbonyl (C=O) groups excluding carboxylic acids is 3. The molecular formula is C14H22O6. The van der Waals surface area contributed by atoms with Crippen molar-refractivity contribution in [3.63, 3.8) is 0 Å². The highest BCUT2D eigenvalue weighted by Crippen LogP contribution is 2.47. The molecule has 0 aromatic heterocycles. The molecule has 6 nitrogen and oxygen atoms in total. The van der Waals surface area contributed by atoms with Crippen molar-refractivity contribution in [1.82, 2.24) is 0 Å². The van der Waals surface area contributed by atoms with Crippen LogP contribution >= 0.6 is 0 Å². The Kier molecular flexibility index (Phi) is 6.33. The van der Waals surface area contributed by atoms with Crippen molar-refractivity contribution >= 4 is 12.1 Å². The molecular weight excluding hydrogens is 264 g/mol.